The molecule has 0 bridgehead atoms. The zero-order chi connectivity index (χ0) is 15.5. The van der Waals surface area contributed by atoms with Crippen molar-refractivity contribution in [3.05, 3.63) is 0 Å². The van der Waals surface area contributed by atoms with Crippen molar-refractivity contribution >= 4 is 23.2 Å². The molecule has 0 saturated heterocycles. The Morgan fingerprint density at radius 1 is 1.30 bits per heavy atom. The van der Waals surface area contributed by atoms with Gasteiger partial charge < -0.3 is 14.6 Å². The van der Waals surface area contributed by atoms with Gasteiger partial charge in [0.05, 0.1) is 5.71 Å². The van der Waals surface area contributed by atoms with Gasteiger partial charge in [-0.15, -0.1) is 0 Å². The average Bonchev–Trinajstić information content (AvgIpc) is 2.36. The lowest BCUT2D eigenvalue weighted by atomic mass is 9.83. The van der Waals surface area contributed by atoms with Gasteiger partial charge in [-0.25, -0.2) is 4.79 Å². The highest BCUT2D eigenvalue weighted by Crippen LogP contribution is 2.29. The van der Waals surface area contributed by atoms with E-state index < -0.39 is 17.5 Å². The number of carbonyl (C=O) groups is 1. The summed E-state index contributed by atoms with van der Waals surface area (Å²) in [5.41, 5.74) is 0.940. The maximum atomic E-state index is 12.0. The highest BCUT2D eigenvalue weighted by molar-refractivity contribution is 7.91. The second-order valence-corrected chi connectivity index (χ2v) is 8.40. The van der Waals surface area contributed by atoms with Crippen LogP contribution in [0.15, 0.2) is 4.40 Å². The molecule has 20 heavy (non-hydrogen) atoms. The fourth-order valence-corrected chi connectivity index (χ4v) is 3.06. The Kier molecular flexibility index (Phi) is 5.89. The molecule has 116 valence electrons. The number of carboxylic acid groups (broad SMARTS) is 1. The van der Waals surface area contributed by atoms with E-state index in [1.54, 1.807) is 7.05 Å². The van der Waals surface area contributed by atoms with E-state index in [1.807, 2.05) is 27.7 Å². The smallest absolute Gasteiger partial charge is 0.407 e. The van der Waals surface area contributed by atoms with Crippen LogP contribution in [0.2, 0.25) is 0 Å². The fraction of sp³-hybridized carbons (Fsp3) is 0.857. The Labute approximate surface area is 124 Å². The summed E-state index contributed by atoms with van der Waals surface area (Å²) < 4.78 is 16.0. The lowest BCUT2D eigenvalue weighted by molar-refractivity contribution is 0.123. The largest absolute Gasteiger partial charge is 0.591 e. The first-order chi connectivity index (χ1) is 9.12. The van der Waals surface area contributed by atoms with Crippen LogP contribution >= 0.6 is 0 Å². The van der Waals surface area contributed by atoms with Crippen LogP contribution in [0.4, 0.5) is 4.79 Å². The Morgan fingerprint density at radius 2 is 1.80 bits per heavy atom. The van der Waals surface area contributed by atoms with Gasteiger partial charge in [0.15, 0.2) is 0 Å². The minimum Gasteiger partial charge on any atom is -0.591 e. The lowest BCUT2D eigenvalue weighted by Crippen LogP contribution is -2.39. The highest BCUT2D eigenvalue weighted by Gasteiger charge is 2.31. The van der Waals surface area contributed by atoms with E-state index in [0.29, 0.717) is 5.92 Å². The Bertz CT molecular complexity index is 371. The Morgan fingerprint density at radius 3 is 2.20 bits per heavy atom. The van der Waals surface area contributed by atoms with E-state index >= 15 is 0 Å². The normalized spacial score (nSPS) is 26.2. The summed E-state index contributed by atoms with van der Waals surface area (Å²) in [5, 5.41) is 8.98. The summed E-state index contributed by atoms with van der Waals surface area (Å²) in [7, 11) is 1.63. The van der Waals surface area contributed by atoms with Gasteiger partial charge in [-0.3, -0.25) is 0 Å². The summed E-state index contributed by atoms with van der Waals surface area (Å²) in [6, 6.07) is 0.102. The third-order valence-electron chi connectivity index (χ3n) is 3.89. The fourth-order valence-electron chi connectivity index (χ4n) is 2.38. The van der Waals surface area contributed by atoms with Gasteiger partial charge in [-0.05, 0) is 53.4 Å². The predicted octanol–water partition coefficient (Wildman–Crippen LogP) is 3.08. The van der Waals surface area contributed by atoms with Crippen LogP contribution in [0, 0.1) is 5.92 Å². The van der Waals surface area contributed by atoms with E-state index in [0.717, 1.165) is 31.4 Å². The zero-order valence-corrected chi connectivity index (χ0v) is 13.9. The molecular weight excluding hydrogens is 276 g/mol. The van der Waals surface area contributed by atoms with Crippen LogP contribution in [0.3, 0.4) is 0 Å². The molecule has 1 fully saturated rings. The van der Waals surface area contributed by atoms with Crippen LogP contribution in [-0.2, 0) is 11.4 Å². The van der Waals surface area contributed by atoms with Gasteiger partial charge in [-0.2, -0.15) is 0 Å². The monoisotopic (exact) mass is 302 g/mol. The third-order valence-corrected chi connectivity index (χ3v) is 5.39. The molecule has 1 unspecified atom stereocenters. The topological polar surface area (TPSA) is 76.0 Å². The highest BCUT2D eigenvalue weighted by atomic mass is 32.2. The summed E-state index contributed by atoms with van der Waals surface area (Å²) in [6.45, 7) is 7.69. The number of rotatable bonds is 3. The maximum absolute atomic E-state index is 12.0. The molecule has 1 aliphatic carbocycles. The van der Waals surface area contributed by atoms with E-state index in [9.17, 15) is 9.35 Å². The van der Waals surface area contributed by atoms with Crippen molar-refractivity contribution in [3.8, 4) is 0 Å². The van der Waals surface area contributed by atoms with Crippen molar-refractivity contribution in [2.24, 2.45) is 10.3 Å². The second kappa shape index (κ2) is 6.80. The van der Waals surface area contributed by atoms with E-state index in [4.69, 9.17) is 5.11 Å². The molecule has 0 aromatic heterocycles. The first kappa shape index (κ1) is 17.3. The molecule has 1 N–H and O–H groups in total. The number of hydrogen-bond acceptors (Lipinski definition) is 3. The predicted molar refractivity (Wildman–Crippen MR) is 82.5 cm³/mol. The van der Waals surface area contributed by atoms with Crippen molar-refractivity contribution in [1.82, 2.24) is 4.90 Å². The van der Waals surface area contributed by atoms with Crippen molar-refractivity contribution in [2.45, 2.75) is 64.2 Å². The molecule has 6 heteroatoms. The number of nitrogens with zero attached hydrogens (tertiary/aromatic N) is 2. The second-order valence-electron chi connectivity index (χ2n) is 6.49. The van der Waals surface area contributed by atoms with Gasteiger partial charge >= 0.3 is 6.09 Å². The van der Waals surface area contributed by atoms with Gasteiger partial charge in [0.2, 0.25) is 0 Å². The van der Waals surface area contributed by atoms with Gasteiger partial charge in [0.25, 0.3) is 0 Å². The van der Waals surface area contributed by atoms with Crippen molar-refractivity contribution in [3.63, 3.8) is 0 Å². The molecule has 0 aromatic carbocycles. The molecule has 1 amide bonds. The van der Waals surface area contributed by atoms with Gasteiger partial charge in [-0.1, -0.05) is 4.40 Å². The van der Waals surface area contributed by atoms with Crippen LogP contribution in [0.5, 0.6) is 0 Å². The summed E-state index contributed by atoms with van der Waals surface area (Å²) >= 11 is -1.21. The number of amides is 1. The number of hydrogen-bond donors (Lipinski definition) is 1. The molecule has 0 aliphatic heterocycles. The molecule has 1 atom stereocenters. The molecule has 0 spiro atoms. The summed E-state index contributed by atoms with van der Waals surface area (Å²) in [6.07, 6.45) is 2.66. The zero-order valence-electron chi connectivity index (χ0n) is 13.0. The third kappa shape index (κ3) is 4.66. The van der Waals surface area contributed by atoms with Gasteiger partial charge in [0, 0.05) is 19.0 Å². The van der Waals surface area contributed by atoms with Gasteiger partial charge in [0.1, 0.15) is 16.1 Å². The van der Waals surface area contributed by atoms with E-state index in [1.165, 1.54) is 4.90 Å². The summed E-state index contributed by atoms with van der Waals surface area (Å²) in [4.78, 5) is 12.3. The van der Waals surface area contributed by atoms with Crippen LogP contribution in [-0.4, -0.2) is 44.2 Å². The molecule has 1 rings (SSSR count). The molecular formula is C14H26N2O3S. The average molecular weight is 302 g/mol. The first-order valence-corrected chi connectivity index (χ1v) is 8.16. The molecule has 0 radical (unpaired) electrons. The quantitative estimate of drug-likeness (QED) is 0.643. The Balaban J connectivity index is 2.57. The standard InChI is InChI=1S/C14H26N2O3S/c1-10(15-20(19)14(2,3)4)11-6-8-12(9-7-11)16(5)13(17)18/h11-12H,6-9H2,1-5H3,(H,17,18)/b15-10+. The van der Waals surface area contributed by atoms with E-state index in [2.05, 4.69) is 4.40 Å². The van der Waals surface area contributed by atoms with Crippen LogP contribution in [0.25, 0.3) is 0 Å². The molecule has 0 heterocycles. The minimum atomic E-state index is -1.21. The summed E-state index contributed by atoms with van der Waals surface area (Å²) in [5.74, 6) is 0.333. The molecule has 0 aromatic rings. The minimum absolute atomic E-state index is 0.102. The SMILES string of the molecule is C/C(=N\[S+]([O-])C(C)(C)C)C1CCC(N(C)C(=O)O)CC1. The van der Waals surface area contributed by atoms with E-state index in [-0.39, 0.29) is 10.8 Å². The molecule has 5 nitrogen and oxygen atoms in total. The Hall–Kier alpha value is -0.750. The maximum Gasteiger partial charge on any atom is 0.407 e. The van der Waals surface area contributed by atoms with Crippen molar-refractivity contribution in [2.75, 3.05) is 7.05 Å². The van der Waals surface area contributed by atoms with Crippen LogP contribution in [0.1, 0.15) is 53.4 Å². The molecule has 1 aliphatic rings. The van der Waals surface area contributed by atoms with Crippen LogP contribution < -0.4 is 0 Å². The van der Waals surface area contributed by atoms with Crippen molar-refractivity contribution in [1.29, 1.82) is 0 Å². The molecule has 1 saturated carbocycles. The lowest BCUT2D eigenvalue weighted by Gasteiger charge is -2.33. The first-order valence-electron chi connectivity index (χ1n) is 7.06. The van der Waals surface area contributed by atoms with Crippen molar-refractivity contribution < 1.29 is 14.5 Å².